The number of hydrogen-bond donors (Lipinski definition) is 1. The number of benzene rings is 1. The fourth-order valence-corrected chi connectivity index (χ4v) is 5.50. The molecule has 4 nitrogen and oxygen atoms in total. The number of nitrogens with one attached hydrogen (secondary N) is 1. The smallest absolute Gasteiger partial charge is 0.133 e. The SMILES string of the molecule is c1csc(-c2nc(CNC3CCC(Oc4ccc5cnccc5c4)CC3)cs2)c1. The summed E-state index contributed by atoms with van der Waals surface area (Å²) in [6.07, 6.45) is 8.48. The summed E-state index contributed by atoms with van der Waals surface area (Å²) in [5.74, 6) is 0.962. The van der Waals surface area contributed by atoms with E-state index in [-0.39, 0.29) is 0 Å². The van der Waals surface area contributed by atoms with Crippen LogP contribution in [0.1, 0.15) is 31.4 Å². The van der Waals surface area contributed by atoms with Crippen molar-refractivity contribution in [3.05, 3.63) is 65.2 Å². The first-order valence-electron chi connectivity index (χ1n) is 10.1. The minimum Gasteiger partial charge on any atom is -0.490 e. The summed E-state index contributed by atoms with van der Waals surface area (Å²) in [6, 6.07) is 13.1. The fraction of sp³-hybridized carbons (Fsp3) is 0.304. The third-order valence-corrected chi connectivity index (χ3v) is 7.37. The van der Waals surface area contributed by atoms with E-state index in [1.807, 2.05) is 18.5 Å². The van der Waals surface area contributed by atoms with Crippen molar-refractivity contribution in [2.45, 2.75) is 44.4 Å². The van der Waals surface area contributed by atoms with Crippen LogP contribution in [0.4, 0.5) is 0 Å². The molecule has 3 aromatic heterocycles. The lowest BCUT2D eigenvalue weighted by molar-refractivity contribution is 0.139. The second-order valence-electron chi connectivity index (χ2n) is 7.48. The Morgan fingerprint density at radius 2 is 1.97 bits per heavy atom. The van der Waals surface area contributed by atoms with E-state index < -0.39 is 0 Å². The molecule has 148 valence electrons. The van der Waals surface area contributed by atoms with Gasteiger partial charge in [-0.3, -0.25) is 4.98 Å². The predicted octanol–water partition coefficient (Wildman–Crippen LogP) is 5.90. The zero-order valence-electron chi connectivity index (χ0n) is 16.1. The van der Waals surface area contributed by atoms with Crippen molar-refractivity contribution in [3.8, 4) is 15.6 Å². The maximum absolute atomic E-state index is 6.26. The third-order valence-electron chi connectivity index (χ3n) is 5.44. The van der Waals surface area contributed by atoms with E-state index in [9.17, 15) is 0 Å². The van der Waals surface area contributed by atoms with E-state index in [4.69, 9.17) is 9.72 Å². The number of hydrogen-bond acceptors (Lipinski definition) is 6. The second-order valence-corrected chi connectivity index (χ2v) is 9.28. The minimum atomic E-state index is 0.303. The topological polar surface area (TPSA) is 47.0 Å². The van der Waals surface area contributed by atoms with Crippen LogP contribution in [0.3, 0.4) is 0 Å². The average molecular weight is 422 g/mol. The largest absolute Gasteiger partial charge is 0.490 e. The van der Waals surface area contributed by atoms with Gasteiger partial charge in [0.05, 0.1) is 16.7 Å². The van der Waals surface area contributed by atoms with Gasteiger partial charge in [0.2, 0.25) is 0 Å². The van der Waals surface area contributed by atoms with Crippen molar-refractivity contribution in [3.63, 3.8) is 0 Å². The van der Waals surface area contributed by atoms with Crippen LogP contribution >= 0.6 is 22.7 Å². The Bertz CT molecular complexity index is 1070. The maximum Gasteiger partial charge on any atom is 0.133 e. The number of ether oxygens (including phenoxy) is 1. The minimum absolute atomic E-state index is 0.303. The highest BCUT2D eigenvalue weighted by atomic mass is 32.1. The molecule has 1 fully saturated rings. The maximum atomic E-state index is 6.26. The molecule has 0 atom stereocenters. The van der Waals surface area contributed by atoms with E-state index >= 15 is 0 Å². The molecule has 0 radical (unpaired) electrons. The number of aromatic nitrogens is 2. The molecule has 3 heterocycles. The first kappa shape index (κ1) is 18.7. The van der Waals surface area contributed by atoms with Gasteiger partial charge in [-0.25, -0.2) is 4.98 Å². The molecule has 0 amide bonds. The number of thiazole rings is 1. The summed E-state index contributed by atoms with van der Waals surface area (Å²) < 4.78 is 6.26. The lowest BCUT2D eigenvalue weighted by Gasteiger charge is -2.29. The van der Waals surface area contributed by atoms with Gasteiger partial charge >= 0.3 is 0 Å². The van der Waals surface area contributed by atoms with Gasteiger partial charge in [0.15, 0.2) is 0 Å². The molecule has 6 heteroatoms. The van der Waals surface area contributed by atoms with E-state index in [2.05, 4.69) is 51.4 Å². The van der Waals surface area contributed by atoms with Crippen LogP contribution in [-0.2, 0) is 6.54 Å². The van der Waals surface area contributed by atoms with E-state index in [0.29, 0.717) is 12.1 Å². The summed E-state index contributed by atoms with van der Waals surface area (Å²) in [5, 5.41) is 11.4. The van der Waals surface area contributed by atoms with E-state index in [0.717, 1.165) is 54.1 Å². The molecule has 1 N–H and O–H groups in total. The number of fused-ring (bicyclic) bond motifs is 1. The molecular weight excluding hydrogens is 398 g/mol. The van der Waals surface area contributed by atoms with Gasteiger partial charge in [0.1, 0.15) is 10.8 Å². The van der Waals surface area contributed by atoms with Crippen molar-refractivity contribution in [2.24, 2.45) is 0 Å². The van der Waals surface area contributed by atoms with Crippen molar-refractivity contribution >= 4 is 33.4 Å². The van der Waals surface area contributed by atoms with Crippen LogP contribution < -0.4 is 10.1 Å². The molecule has 0 aliphatic heterocycles. The van der Waals surface area contributed by atoms with Crippen molar-refractivity contribution in [1.29, 1.82) is 0 Å². The average Bonchev–Trinajstić information content (AvgIpc) is 3.45. The van der Waals surface area contributed by atoms with E-state index in [1.54, 1.807) is 22.7 Å². The quantitative estimate of drug-likeness (QED) is 0.421. The first-order valence-corrected chi connectivity index (χ1v) is 11.8. The van der Waals surface area contributed by atoms with E-state index in [1.165, 1.54) is 10.3 Å². The second kappa shape index (κ2) is 8.61. The summed E-state index contributed by atoms with van der Waals surface area (Å²) in [5.41, 5.74) is 1.14. The normalized spacial score (nSPS) is 19.4. The highest BCUT2D eigenvalue weighted by molar-refractivity contribution is 7.20. The molecule has 29 heavy (non-hydrogen) atoms. The highest BCUT2D eigenvalue weighted by Crippen LogP contribution is 2.29. The van der Waals surface area contributed by atoms with Gasteiger partial charge in [0, 0.05) is 35.7 Å². The lowest BCUT2D eigenvalue weighted by atomic mass is 9.93. The Hall–Kier alpha value is -2.28. The zero-order chi connectivity index (χ0) is 19.5. The van der Waals surface area contributed by atoms with Crippen LogP contribution in [0, 0.1) is 0 Å². The van der Waals surface area contributed by atoms with Gasteiger partial charge in [-0.1, -0.05) is 6.07 Å². The molecule has 5 rings (SSSR count). The van der Waals surface area contributed by atoms with Crippen molar-refractivity contribution in [2.75, 3.05) is 0 Å². The molecule has 1 aromatic carbocycles. The molecule has 0 spiro atoms. The molecular formula is C23H23N3OS2. The van der Waals surface area contributed by atoms with Crippen LogP contribution in [-0.4, -0.2) is 22.1 Å². The Balaban J connectivity index is 1.11. The molecule has 1 aliphatic rings. The summed E-state index contributed by atoms with van der Waals surface area (Å²) >= 11 is 3.48. The van der Waals surface area contributed by atoms with Crippen molar-refractivity contribution in [1.82, 2.24) is 15.3 Å². The Morgan fingerprint density at radius 3 is 2.83 bits per heavy atom. The van der Waals surface area contributed by atoms with Gasteiger partial charge in [-0.15, -0.1) is 22.7 Å². The van der Waals surface area contributed by atoms with Gasteiger partial charge in [0.25, 0.3) is 0 Å². The number of pyridine rings is 1. The Morgan fingerprint density at radius 1 is 1.03 bits per heavy atom. The van der Waals surface area contributed by atoms with Crippen molar-refractivity contribution < 1.29 is 4.74 Å². The van der Waals surface area contributed by atoms with Gasteiger partial charge < -0.3 is 10.1 Å². The highest BCUT2D eigenvalue weighted by Gasteiger charge is 2.22. The van der Waals surface area contributed by atoms with Gasteiger partial charge in [-0.2, -0.15) is 0 Å². The van der Waals surface area contributed by atoms with Crippen LogP contribution in [0.5, 0.6) is 5.75 Å². The zero-order valence-corrected chi connectivity index (χ0v) is 17.7. The molecule has 1 aliphatic carbocycles. The van der Waals surface area contributed by atoms with Crippen LogP contribution in [0.2, 0.25) is 0 Å². The lowest BCUT2D eigenvalue weighted by Crippen LogP contribution is -2.36. The molecule has 0 bridgehead atoms. The fourth-order valence-electron chi connectivity index (χ4n) is 3.86. The molecule has 0 unspecified atom stereocenters. The van der Waals surface area contributed by atoms with Crippen LogP contribution in [0.25, 0.3) is 20.7 Å². The number of nitrogens with zero attached hydrogens (tertiary/aromatic N) is 2. The standard InChI is InChI=1S/C23H23N3OS2/c1-2-22(28-11-1)23-26-19(15-29-23)14-25-18-4-7-20(8-5-18)27-21-6-3-17-13-24-10-9-16(17)12-21/h1-3,6,9-13,15,18,20,25H,4-5,7-8,14H2. The molecule has 4 aromatic rings. The van der Waals surface area contributed by atoms with Gasteiger partial charge in [-0.05, 0) is 66.8 Å². The Labute approximate surface area is 178 Å². The Kier molecular flexibility index (Phi) is 5.56. The predicted molar refractivity (Wildman–Crippen MR) is 121 cm³/mol. The first-order chi connectivity index (χ1) is 14.3. The molecule has 1 saturated carbocycles. The summed E-state index contributed by atoms with van der Waals surface area (Å²) in [4.78, 5) is 10.2. The number of rotatable bonds is 6. The van der Waals surface area contributed by atoms with Crippen LogP contribution in [0.15, 0.2) is 59.6 Å². The monoisotopic (exact) mass is 421 g/mol. The summed E-state index contributed by atoms with van der Waals surface area (Å²) in [6.45, 7) is 0.844. The number of thiophene rings is 1. The third kappa shape index (κ3) is 4.50. The molecule has 0 saturated heterocycles. The summed E-state index contributed by atoms with van der Waals surface area (Å²) in [7, 11) is 0.